The van der Waals surface area contributed by atoms with E-state index in [-0.39, 0.29) is 0 Å². The first-order chi connectivity index (χ1) is 10.4. The molecule has 2 heterocycles. The van der Waals surface area contributed by atoms with Crippen LogP contribution in [0.4, 0.5) is 5.69 Å². The van der Waals surface area contributed by atoms with Gasteiger partial charge in [0.15, 0.2) is 0 Å². The predicted octanol–water partition coefficient (Wildman–Crippen LogP) is 2.91. The molecule has 1 aliphatic rings. The van der Waals surface area contributed by atoms with E-state index in [0.717, 1.165) is 44.2 Å². The van der Waals surface area contributed by atoms with Crippen molar-refractivity contribution in [3.05, 3.63) is 53.9 Å². The lowest BCUT2D eigenvalue weighted by Gasteiger charge is -2.25. The highest BCUT2D eigenvalue weighted by molar-refractivity contribution is 5.61. The summed E-state index contributed by atoms with van der Waals surface area (Å²) in [5.41, 5.74) is 3.64. The maximum Gasteiger partial charge on any atom is 0.146 e. The van der Waals surface area contributed by atoms with Gasteiger partial charge in [-0.05, 0) is 30.3 Å². The third kappa shape index (κ3) is 3.34. The summed E-state index contributed by atoms with van der Waals surface area (Å²) in [7, 11) is 0. The monoisotopic (exact) mass is 283 g/mol. The fraction of sp³-hybridized carbons (Fsp3) is 0.353. The number of rotatable bonds is 5. The van der Waals surface area contributed by atoms with Gasteiger partial charge >= 0.3 is 0 Å². The Morgan fingerprint density at radius 2 is 2.05 bits per heavy atom. The van der Waals surface area contributed by atoms with E-state index in [1.165, 1.54) is 11.1 Å². The standard InChI is InChI=1S/C17H21N3O/c1-2-20(12-14-6-8-18-9-7-14)13-15-4-3-5-16-17(15)21-11-10-19-16/h3-9,19H,2,10-13H2,1H3. The molecule has 0 saturated heterocycles. The second-order valence-corrected chi connectivity index (χ2v) is 5.23. The van der Waals surface area contributed by atoms with Crippen LogP contribution in [0.15, 0.2) is 42.7 Å². The first kappa shape index (κ1) is 13.9. The number of nitrogens with one attached hydrogen (secondary N) is 1. The molecule has 1 aromatic carbocycles. The minimum Gasteiger partial charge on any atom is -0.489 e. The van der Waals surface area contributed by atoms with Crippen LogP contribution in [0.3, 0.4) is 0 Å². The van der Waals surface area contributed by atoms with E-state index in [0.29, 0.717) is 0 Å². The van der Waals surface area contributed by atoms with E-state index in [2.05, 4.69) is 52.5 Å². The van der Waals surface area contributed by atoms with Gasteiger partial charge in [-0.15, -0.1) is 0 Å². The van der Waals surface area contributed by atoms with Crippen molar-refractivity contribution in [2.75, 3.05) is 25.0 Å². The average Bonchev–Trinajstić information content (AvgIpc) is 2.55. The highest BCUT2D eigenvalue weighted by Crippen LogP contribution is 2.32. The van der Waals surface area contributed by atoms with Gasteiger partial charge in [0, 0.05) is 37.6 Å². The van der Waals surface area contributed by atoms with Crippen LogP contribution in [0.1, 0.15) is 18.1 Å². The van der Waals surface area contributed by atoms with Gasteiger partial charge in [-0.3, -0.25) is 9.88 Å². The Balaban J connectivity index is 1.75. The van der Waals surface area contributed by atoms with Crippen LogP contribution < -0.4 is 10.1 Å². The minimum absolute atomic E-state index is 0.737. The summed E-state index contributed by atoms with van der Waals surface area (Å²) in [5.74, 6) is 1.01. The molecule has 0 atom stereocenters. The highest BCUT2D eigenvalue weighted by Gasteiger charge is 2.15. The molecule has 110 valence electrons. The minimum atomic E-state index is 0.737. The van der Waals surface area contributed by atoms with Crippen LogP contribution in [0, 0.1) is 0 Å². The number of hydrogen-bond acceptors (Lipinski definition) is 4. The molecule has 4 heteroatoms. The molecule has 0 saturated carbocycles. The zero-order valence-electron chi connectivity index (χ0n) is 12.4. The third-order valence-electron chi connectivity index (χ3n) is 3.76. The Bertz CT molecular complexity index is 586. The van der Waals surface area contributed by atoms with Gasteiger partial charge in [-0.1, -0.05) is 19.1 Å². The van der Waals surface area contributed by atoms with Gasteiger partial charge in [0.1, 0.15) is 12.4 Å². The molecule has 2 aromatic rings. The summed E-state index contributed by atoms with van der Waals surface area (Å²) >= 11 is 0. The Morgan fingerprint density at radius 3 is 2.86 bits per heavy atom. The number of pyridine rings is 1. The number of benzene rings is 1. The second kappa shape index (κ2) is 6.59. The maximum absolute atomic E-state index is 5.85. The fourth-order valence-electron chi connectivity index (χ4n) is 2.62. The summed E-state index contributed by atoms with van der Waals surface area (Å²) in [6.07, 6.45) is 3.70. The Kier molecular flexibility index (Phi) is 4.36. The molecule has 4 nitrogen and oxygen atoms in total. The molecule has 0 amide bonds. The van der Waals surface area contributed by atoms with Crippen LogP contribution in [0.5, 0.6) is 5.75 Å². The molecule has 21 heavy (non-hydrogen) atoms. The molecule has 0 bridgehead atoms. The number of aromatic nitrogens is 1. The smallest absolute Gasteiger partial charge is 0.146 e. The number of ether oxygens (including phenoxy) is 1. The topological polar surface area (TPSA) is 37.4 Å². The van der Waals surface area contributed by atoms with Crippen LogP contribution in [0.25, 0.3) is 0 Å². The van der Waals surface area contributed by atoms with E-state index >= 15 is 0 Å². The van der Waals surface area contributed by atoms with Crippen molar-refractivity contribution in [1.29, 1.82) is 0 Å². The number of para-hydroxylation sites is 1. The number of nitrogens with zero attached hydrogens (tertiary/aromatic N) is 2. The molecule has 0 fully saturated rings. The van der Waals surface area contributed by atoms with Gasteiger partial charge in [0.2, 0.25) is 0 Å². The molecule has 0 unspecified atom stereocenters. The Hall–Kier alpha value is -2.07. The Labute approximate surface area is 125 Å². The van der Waals surface area contributed by atoms with E-state index < -0.39 is 0 Å². The summed E-state index contributed by atoms with van der Waals surface area (Å²) in [6, 6.07) is 10.5. The van der Waals surface area contributed by atoms with Gasteiger partial charge < -0.3 is 10.1 Å². The van der Waals surface area contributed by atoms with Crippen LogP contribution in [-0.4, -0.2) is 29.6 Å². The lowest BCUT2D eigenvalue weighted by Crippen LogP contribution is -2.24. The number of fused-ring (bicyclic) bond motifs is 1. The van der Waals surface area contributed by atoms with E-state index in [9.17, 15) is 0 Å². The van der Waals surface area contributed by atoms with Crippen LogP contribution in [-0.2, 0) is 13.1 Å². The van der Waals surface area contributed by atoms with Crippen molar-refractivity contribution in [3.8, 4) is 5.75 Å². The maximum atomic E-state index is 5.85. The molecular formula is C17H21N3O. The molecule has 1 N–H and O–H groups in total. The lowest BCUT2D eigenvalue weighted by molar-refractivity contribution is 0.259. The van der Waals surface area contributed by atoms with Gasteiger partial charge in [-0.25, -0.2) is 0 Å². The second-order valence-electron chi connectivity index (χ2n) is 5.23. The van der Waals surface area contributed by atoms with Crippen molar-refractivity contribution >= 4 is 5.69 Å². The molecule has 3 rings (SSSR count). The SMILES string of the molecule is CCN(Cc1ccncc1)Cc1cccc2c1OCCN2. The highest BCUT2D eigenvalue weighted by atomic mass is 16.5. The number of hydrogen-bond donors (Lipinski definition) is 1. The molecule has 1 aliphatic heterocycles. The zero-order chi connectivity index (χ0) is 14.5. The van der Waals surface area contributed by atoms with Crippen molar-refractivity contribution in [2.45, 2.75) is 20.0 Å². The molecular weight excluding hydrogens is 262 g/mol. The van der Waals surface area contributed by atoms with Crippen LogP contribution >= 0.6 is 0 Å². The summed E-state index contributed by atoms with van der Waals surface area (Å²) in [6.45, 7) is 6.63. The van der Waals surface area contributed by atoms with Crippen molar-refractivity contribution in [1.82, 2.24) is 9.88 Å². The molecule has 0 radical (unpaired) electrons. The first-order valence-electron chi connectivity index (χ1n) is 7.46. The zero-order valence-corrected chi connectivity index (χ0v) is 12.4. The fourth-order valence-corrected chi connectivity index (χ4v) is 2.62. The summed E-state index contributed by atoms with van der Waals surface area (Å²) < 4.78 is 5.85. The number of anilines is 1. The van der Waals surface area contributed by atoms with E-state index in [1.807, 2.05) is 12.4 Å². The largest absolute Gasteiger partial charge is 0.489 e. The van der Waals surface area contributed by atoms with Gasteiger partial charge in [0.25, 0.3) is 0 Å². The van der Waals surface area contributed by atoms with E-state index in [4.69, 9.17) is 4.74 Å². The lowest BCUT2D eigenvalue weighted by atomic mass is 10.1. The Morgan fingerprint density at radius 1 is 1.19 bits per heavy atom. The molecule has 0 aliphatic carbocycles. The molecule has 0 spiro atoms. The predicted molar refractivity (Wildman–Crippen MR) is 84.5 cm³/mol. The van der Waals surface area contributed by atoms with Gasteiger partial charge in [-0.2, -0.15) is 0 Å². The van der Waals surface area contributed by atoms with E-state index in [1.54, 1.807) is 0 Å². The summed E-state index contributed by atoms with van der Waals surface area (Å²) in [4.78, 5) is 6.48. The van der Waals surface area contributed by atoms with Crippen molar-refractivity contribution < 1.29 is 4.74 Å². The van der Waals surface area contributed by atoms with Crippen LogP contribution in [0.2, 0.25) is 0 Å². The van der Waals surface area contributed by atoms with Crippen molar-refractivity contribution in [3.63, 3.8) is 0 Å². The quantitative estimate of drug-likeness (QED) is 0.915. The average molecular weight is 283 g/mol. The van der Waals surface area contributed by atoms with Crippen molar-refractivity contribution in [2.24, 2.45) is 0 Å². The summed E-state index contributed by atoms with van der Waals surface area (Å²) in [5, 5.41) is 3.39. The molecule has 1 aromatic heterocycles. The third-order valence-corrected chi connectivity index (χ3v) is 3.76. The first-order valence-corrected chi connectivity index (χ1v) is 7.46. The van der Waals surface area contributed by atoms with Gasteiger partial charge in [0.05, 0.1) is 5.69 Å². The normalized spacial score (nSPS) is 13.4.